The number of carbonyl (C=O) groups is 1. The van der Waals surface area contributed by atoms with Gasteiger partial charge in [-0.05, 0) is 54.5 Å². The van der Waals surface area contributed by atoms with Gasteiger partial charge in [-0.3, -0.25) is 4.79 Å². The van der Waals surface area contributed by atoms with E-state index in [1.807, 2.05) is 67.6 Å². The van der Waals surface area contributed by atoms with Crippen LogP contribution in [-0.4, -0.2) is 23.3 Å². The van der Waals surface area contributed by atoms with Crippen LogP contribution in [0.25, 0.3) is 12.2 Å². The summed E-state index contributed by atoms with van der Waals surface area (Å²) in [5, 5.41) is 0. The second kappa shape index (κ2) is 8.85. The van der Waals surface area contributed by atoms with E-state index in [4.69, 9.17) is 9.47 Å². The van der Waals surface area contributed by atoms with Gasteiger partial charge in [0.05, 0.1) is 0 Å². The molecule has 2 spiro atoms. The topological polar surface area (TPSA) is 35.5 Å². The Balaban J connectivity index is 1.43. The van der Waals surface area contributed by atoms with Crippen LogP contribution in [0.1, 0.15) is 37.3 Å². The molecule has 0 unspecified atom stereocenters. The van der Waals surface area contributed by atoms with Gasteiger partial charge in [0.15, 0.2) is 11.9 Å². The smallest absolute Gasteiger partial charge is 0.206 e. The van der Waals surface area contributed by atoms with E-state index in [2.05, 4.69) is 60.7 Å². The van der Waals surface area contributed by atoms with Crippen molar-refractivity contribution in [3.63, 3.8) is 0 Å². The van der Waals surface area contributed by atoms with Crippen molar-refractivity contribution >= 4 is 17.9 Å². The van der Waals surface area contributed by atoms with E-state index in [-0.39, 0.29) is 5.78 Å². The molecule has 2 aliphatic carbocycles. The molecular formula is C33H30O3. The van der Waals surface area contributed by atoms with Crippen molar-refractivity contribution in [1.82, 2.24) is 0 Å². The van der Waals surface area contributed by atoms with Crippen molar-refractivity contribution in [2.24, 2.45) is 5.41 Å². The maximum atomic E-state index is 13.9. The summed E-state index contributed by atoms with van der Waals surface area (Å²) < 4.78 is 13.5. The number of Topliss-reactive ketones (excluding diaryl/α,β-unsaturated/α-hetero) is 1. The van der Waals surface area contributed by atoms with Crippen molar-refractivity contribution in [3.8, 4) is 0 Å². The van der Waals surface area contributed by atoms with E-state index >= 15 is 0 Å². The lowest BCUT2D eigenvalue weighted by Crippen LogP contribution is -2.60. The molecular weight excluding hydrogens is 444 g/mol. The van der Waals surface area contributed by atoms with Crippen molar-refractivity contribution in [2.45, 2.75) is 43.7 Å². The summed E-state index contributed by atoms with van der Waals surface area (Å²) in [5.74, 6) is -0.988. The Morgan fingerprint density at radius 1 is 0.806 bits per heavy atom. The number of benzene rings is 2. The highest BCUT2D eigenvalue weighted by Crippen LogP contribution is 2.63. The average molecular weight is 475 g/mol. The minimum Gasteiger partial charge on any atom is -0.330 e. The standard InChI is InChI=1S/C33H30O3/c1-31-23-8-9-24-32(31)35-30(29(31)34)33(36-32)27(19-10-17-25-13-4-2-5-14-25)21-12-22-28(33)20-11-18-26-15-6-3-7-16-26/h2-11,13-20,23-24,30H,12,21-22H2,1H3/b17-10+,18-11+,27-19+,28-20+/t30-,31+,32-/m1/s1. The molecule has 0 aromatic heterocycles. The number of rotatable bonds is 4. The third kappa shape index (κ3) is 3.46. The number of ether oxygens (including phenoxy) is 2. The zero-order valence-corrected chi connectivity index (χ0v) is 20.5. The minimum absolute atomic E-state index is 0.0899. The summed E-state index contributed by atoms with van der Waals surface area (Å²) in [6.07, 6.45) is 22.3. The predicted molar refractivity (Wildman–Crippen MR) is 144 cm³/mol. The van der Waals surface area contributed by atoms with Crippen LogP contribution >= 0.6 is 0 Å². The van der Waals surface area contributed by atoms with Gasteiger partial charge in [-0.2, -0.15) is 0 Å². The van der Waals surface area contributed by atoms with Crippen LogP contribution in [0.2, 0.25) is 0 Å². The third-order valence-electron chi connectivity index (χ3n) is 7.92. The number of hydrogen-bond acceptors (Lipinski definition) is 3. The van der Waals surface area contributed by atoms with Crippen molar-refractivity contribution in [3.05, 3.63) is 132 Å². The van der Waals surface area contributed by atoms with E-state index in [1.165, 1.54) is 0 Å². The Labute approximate surface area is 212 Å². The molecule has 180 valence electrons. The fourth-order valence-corrected chi connectivity index (χ4v) is 5.97. The Hall–Kier alpha value is -3.53. The second-order valence-electron chi connectivity index (χ2n) is 10.1. The zero-order valence-electron chi connectivity index (χ0n) is 20.5. The molecule has 3 heteroatoms. The van der Waals surface area contributed by atoms with Gasteiger partial charge in [-0.25, -0.2) is 0 Å². The summed E-state index contributed by atoms with van der Waals surface area (Å²) in [5.41, 5.74) is 2.75. The van der Waals surface area contributed by atoms with Crippen LogP contribution < -0.4 is 0 Å². The summed E-state index contributed by atoms with van der Waals surface area (Å²) in [6.45, 7) is 1.93. The van der Waals surface area contributed by atoms with Gasteiger partial charge in [0.1, 0.15) is 11.0 Å². The normalized spacial score (nSPS) is 35.1. The summed E-state index contributed by atoms with van der Waals surface area (Å²) in [6, 6.07) is 20.5. The third-order valence-corrected chi connectivity index (χ3v) is 7.92. The Morgan fingerprint density at radius 3 is 1.94 bits per heavy atom. The number of allylic oxidation sites excluding steroid dienone is 6. The first kappa shape index (κ1) is 22.9. The molecule has 0 radical (unpaired) electrons. The van der Waals surface area contributed by atoms with Gasteiger partial charge in [0.25, 0.3) is 0 Å². The fourth-order valence-electron chi connectivity index (χ4n) is 5.97. The highest BCUT2D eigenvalue weighted by Gasteiger charge is 2.76. The lowest BCUT2D eigenvalue weighted by molar-refractivity contribution is -0.185. The van der Waals surface area contributed by atoms with Gasteiger partial charge >= 0.3 is 0 Å². The quantitative estimate of drug-likeness (QED) is 0.478. The molecule has 2 heterocycles. The van der Waals surface area contributed by atoms with Gasteiger partial charge in [0.2, 0.25) is 5.79 Å². The molecule has 0 amide bonds. The van der Waals surface area contributed by atoms with Gasteiger partial charge in [0, 0.05) is 0 Å². The van der Waals surface area contributed by atoms with Crippen molar-refractivity contribution in [2.75, 3.05) is 0 Å². The number of hydrogen-bond donors (Lipinski definition) is 0. The Morgan fingerprint density at radius 2 is 1.36 bits per heavy atom. The first-order valence-corrected chi connectivity index (χ1v) is 12.7. The van der Waals surface area contributed by atoms with E-state index in [0.717, 1.165) is 41.5 Å². The number of carbonyl (C=O) groups excluding carboxylic acids is 1. The van der Waals surface area contributed by atoms with Crippen molar-refractivity contribution < 1.29 is 14.3 Å². The van der Waals surface area contributed by atoms with Crippen LogP contribution in [0, 0.1) is 5.41 Å². The molecule has 2 aromatic rings. The first-order chi connectivity index (χ1) is 17.6. The molecule has 3 fully saturated rings. The predicted octanol–water partition coefficient (Wildman–Crippen LogP) is 7.02. The number of ketones is 1. The molecule has 3 nitrogen and oxygen atoms in total. The molecule has 2 aromatic carbocycles. The maximum absolute atomic E-state index is 13.9. The van der Waals surface area contributed by atoms with Gasteiger partial charge < -0.3 is 9.47 Å². The Kier molecular flexibility index (Phi) is 5.63. The van der Waals surface area contributed by atoms with Gasteiger partial charge in [-0.1, -0.05) is 115 Å². The van der Waals surface area contributed by atoms with E-state index in [1.54, 1.807) is 0 Å². The first-order valence-electron chi connectivity index (χ1n) is 12.7. The van der Waals surface area contributed by atoms with Crippen LogP contribution in [0.4, 0.5) is 0 Å². The lowest BCUT2D eigenvalue weighted by Gasteiger charge is -2.48. The molecule has 6 rings (SSSR count). The van der Waals surface area contributed by atoms with E-state index < -0.39 is 22.9 Å². The molecule has 36 heavy (non-hydrogen) atoms. The average Bonchev–Trinajstić information content (AvgIpc) is 3.36. The Bertz CT molecular complexity index is 1270. The molecule has 0 N–H and O–H groups in total. The molecule has 2 saturated heterocycles. The van der Waals surface area contributed by atoms with Crippen LogP contribution in [0.5, 0.6) is 0 Å². The van der Waals surface area contributed by atoms with E-state index in [0.29, 0.717) is 0 Å². The SMILES string of the molecule is C[C@@]12C=CC=C[C@]13O[C@H](C2=O)C1(O3)/C(=C/C=C/c2ccccc2)CCC/C1=C\C=C\c1ccccc1. The van der Waals surface area contributed by atoms with Gasteiger partial charge in [-0.15, -0.1) is 0 Å². The monoisotopic (exact) mass is 474 g/mol. The van der Waals surface area contributed by atoms with E-state index in [9.17, 15) is 4.79 Å². The van der Waals surface area contributed by atoms with Crippen molar-refractivity contribution in [1.29, 1.82) is 0 Å². The van der Waals surface area contributed by atoms with Crippen LogP contribution in [-0.2, 0) is 14.3 Å². The number of fused-ring (bicyclic) bond motifs is 2. The molecule has 2 bridgehead atoms. The second-order valence-corrected chi connectivity index (χ2v) is 10.1. The molecule has 2 aliphatic heterocycles. The fraction of sp³-hybridized carbons (Fsp3) is 0.242. The molecule has 4 aliphatic rings. The van der Waals surface area contributed by atoms with Crippen LogP contribution in [0.3, 0.4) is 0 Å². The minimum atomic E-state index is -1.08. The summed E-state index contributed by atoms with van der Waals surface area (Å²) in [7, 11) is 0. The molecule has 1 saturated carbocycles. The molecule has 3 atom stereocenters. The zero-order chi connectivity index (χ0) is 24.6. The largest absolute Gasteiger partial charge is 0.330 e. The maximum Gasteiger partial charge on any atom is 0.206 e. The highest BCUT2D eigenvalue weighted by atomic mass is 16.8. The van der Waals surface area contributed by atoms with Crippen LogP contribution in [0.15, 0.2) is 120 Å². The summed E-state index contributed by atoms with van der Waals surface area (Å²) >= 11 is 0. The summed E-state index contributed by atoms with van der Waals surface area (Å²) in [4.78, 5) is 13.9. The lowest BCUT2D eigenvalue weighted by atomic mass is 9.64. The highest BCUT2D eigenvalue weighted by molar-refractivity contribution is 5.97.